The highest BCUT2D eigenvalue weighted by Crippen LogP contribution is 2.15. The van der Waals surface area contributed by atoms with Gasteiger partial charge in [-0.1, -0.05) is 0 Å². The van der Waals surface area contributed by atoms with Crippen LogP contribution in [0, 0.1) is 0 Å². The number of aromatic nitrogens is 1. The van der Waals surface area contributed by atoms with Crippen LogP contribution in [0.2, 0.25) is 0 Å². The standard InChI is InChI=1S/C11H17N3O/c1-9-8-14(4-5-15-9)11-6-10(7-12)2-3-13-11/h2-3,6,9H,4-5,7-8,12H2,1H3/t9-/m1/s1. The van der Waals surface area contributed by atoms with Gasteiger partial charge in [-0.3, -0.25) is 0 Å². The topological polar surface area (TPSA) is 51.4 Å². The van der Waals surface area contributed by atoms with Crippen molar-refractivity contribution in [1.82, 2.24) is 4.98 Å². The molecule has 15 heavy (non-hydrogen) atoms. The molecular formula is C11H17N3O. The van der Waals surface area contributed by atoms with E-state index in [2.05, 4.69) is 22.9 Å². The molecule has 1 saturated heterocycles. The van der Waals surface area contributed by atoms with Crippen LogP contribution in [-0.2, 0) is 11.3 Å². The molecule has 0 radical (unpaired) electrons. The molecule has 82 valence electrons. The molecule has 2 rings (SSSR count). The molecule has 0 aliphatic carbocycles. The lowest BCUT2D eigenvalue weighted by molar-refractivity contribution is 0.0529. The zero-order chi connectivity index (χ0) is 10.7. The minimum atomic E-state index is 0.280. The molecule has 1 aliphatic heterocycles. The third-order valence-corrected chi connectivity index (χ3v) is 2.61. The second-order valence-electron chi connectivity index (χ2n) is 3.85. The summed E-state index contributed by atoms with van der Waals surface area (Å²) in [5, 5.41) is 0. The average molecular weight is 207 g/mol. The van der Waals surface area contributed by atoms with Crippen molar-refractivity contribution in [2.24, 2.45) is 5.73 Å². The summed E-state index contributed by atoms with van der Waals surface area (Å²) in [4.78, 5) is 6.60. The Bertz CT molecular complexity index is 329. The maximum Gasteiger partial charge on any atom is 0.128 e. The Morgan fingerprint density at radius 1 is 1.67 bits per heavy atom. The lowest BCUT2D eigenvalue weighted by Gasteiger charge is -2.32. The van der Waals surface area contributed by atoms with Crippen molar-refractivity contribution in [1.29, 1.82) is 0 Å². The molecule has 0 spiro atoms. The van der Waals surface area contributed by atoms with Gasteiger partial charge in [-0.2, -0.15) is 0 Å². The highest BCUT2D eigenvalue weighted by atomic mass is 16.5. The van der Waals surface area contributed by atoms with Gasteiger partial charge in [0.25, 0.3) is 0 Å². The van der Waals surface area contributed by atoms with Gasteiger partial charge in [0.15, 0.2) is 0 Å². The Morgan fingerprint density at radius 3 is 3.27 bits per heavy atom. The average Bonchev–Trinajstić information content (AvgIpc) is 2.29. The molecule has 2 N–H and O–H groups in total. The molecule has 4 nitrogen and oxygen atoms in total. The largest absolute Gasteiger partial charge is 0.375 e. The molecule has 0 amide bonds. The number of rotatable bonds is 2. The van der Waals surface area contributed by atoms with E-state index < -0.39 is 0 Å². The minimum Gasteiger partial charge on any atom is -0.375 e. The third kappa shape index (κ3) is 2.46. The highest BCUT2D eigenvalue weighted by Gasteiger charge is 2.17. The number of nitrogens with zero attached hydrogens (tertiary/aromatic N) is 2. The van der Waals surface area contributed by atoms with Crippen LogP contribution < -0.4 is 10.6 Å². The maximum absolute atomic E-state index is 5.60. The van der Waals surface area contributed by atoms with E-state index >= 15 is 0 Å². The predicted octanol–water partition coefficient (Wildman–Crippen LogP) is 0.765. The zero-order valence-corrected chi connectivity index (χ0v) is 9.02. The smallest absolute Gasteiger partial charge is 0.128 e. The van der Waals surface area contributed by atoms with E-state index in [4.69, 9.17) is 10.5 Å². The summed E-state index contributed by atoms with van der Waals surface area (Å²) < 4.78 is 5.49. The summed E-state index contributed by atoms with van der Waals surface area (Å²) in [7, 11) is 0. The van der Waals surface area contributed by atoms with Gasteiger partial charge in [0, 0.05) is 25.8 Å². The fourth-order valence-electron chi connectivity index (χ4n) is 1.79. The Kier molecular flexibility index (Phi) is 3.18. The molecular weight excluding hydrogens is 190 g/mol. The van der Waals surface area contributed by atoms with Crippen molar-refractivity contribution < 1.29 is 4.74 Å². The summed E-state index contributed by atoms with van der Waals surface area (Å²) in [5.41, 5.74) is 6.73. The van der Waals surface area contributed by atoms with Crippen molar-refractivity contribution in [3.05, 3.63) is 23.9 Å². The van der Waals surface area contributed by atoms with Gasteiger partial charge in [0.1, 0.15) is 5.82 Å². The van der Waals surface area contributed by atoms with E-state index in [1.807, 2.05) is 12.3 Å². The molecule has 0 bridgehead atoms. The number of hydrogen-bond acceptors (Lipinski definition) is 4. The first-order chi connectivity index (χ1) is 7.29. The van der Waals surface area contributed by atoms with E-state index in [0.29, 0.717) is 6.54 Å². The number of hydrogen-bond donors (Lipinski definition) is 1. The fraction of sp³-hybridized carbons (Fsp3) is 0.545. The molecule has 0 unspecified atom stereocenters. The normalized spacial score (nSPS) is 21.7. The molecule has 1 aromatic rings. The first-order valence-electron chi connectivity index (χ1n) is 5.31. The van der Waals surface area contributed by atoms with Gasteiger partial charge in [-0.15, -0.1) is 0 Å². The van der Waals surface area contributed by atoms with Gasteiger partial charge in [-0.25, -0.2) is 4.98 Å². The Labute approximate surface area is 90.0 Å². The molecule has 2 heterocycles. The number of pyridine rings is 1. The van der Waals surface area contributed by atoms with Crippen molar-refractivity contribution in [2.75, 3.05) is 24.6 Å². The monoisotopic (exact) mass is 207 g/mol. The van der Waals surface area contributed by atoms with Gasteiger partial charge in [0.05, 0.1) is 12.7 Å². The zero-order valence-electron chi connectivity index (χ0n) is 9.02. The van der Waals surface area contributed by atoms with E-state index in [0.717, 1.165) is 31.1 Å². The maximum atomic E-state index is 5.60. The lowest BCUT2D eigenvalue weighted by atomic mass is 10.2. The van der Waals surface area contributed by atoms with Gasteiger partial charge in [-0.05, 0) is 24.6 Å². The van der Waals surface area contributed by atoms with E-state index in [9.17, 15) is 0 Å². The molecule has 1 aliphatic rings. The minimum absolute atomic E-state index is 0.280. The van der Waals surface area contributed by atoms with Crippen LogP contribution in [0.5, 0.6) is 0 Å². The van der Waals surface area contributed by atoms with Crippen molar-refractivity contribution in [3.63, 3.8) is 0 Å². The second kappa shape index (κ2) is 4.59. The predicted molar refractivity (Wildman–Crippen MR) is 59.8 cm³/mol. The van der Waals surface area contributed by atoms with Crippen LogP contribution in [0.3, 0.4) is 0 Å². The van der Waals surface area contributed by atoms with Gasteiger partial charge < -0.3 is 15.4 Å². The number of morpholine rings is 1. The Hall–Kier alpha value is -1.13. The Morgan fingerprint density at radius 2 is 2.53 bits per heavy atom. The summed E-state index contributed by atoms with van der Waals surface area (Å²) in [6, 6.07) is 4.01. The molecule has 0 aromatic carbocycles. The van der Waals surface area contributed by atoms with Crippen LogP contribution in [0.4, 0.5) is 5.82 Å². The summed E-state index contributed by atoms with van der Waals surface area (Å²) in [5.74, 6) is 1.01. The van der Waals surface area contributed by atoms with Crippen LogP contribution in [0.15, 0.2) is 18.3 Å². The van der Waals surface area contributed by atoms with Crippen molar-refractivity contribution >= 4 is 5.82 Å². The van der Waals surface area contributed by atoms with E-state index in [-0.39, 0.29) is 6.10 Å². The number of ether oxygens (including phenoxy) is 1. The fourth-order valence-corrected chi connectivity index (χ4v) is 1.79. The van der Waals surface area contributed by atoms with Crippen LogP contribution in [0.25, 0.3) is 0 Å². The van der Waals surface area contributed by atoms with Gasteiger partial charge >= 0.3 is 0 Å². The number of anilines is 1. The third-order valence-electron chi connectivity index (χ3n) is 2.61. The van der Waals surface area contributed by atoms with Crippen LogP contribution >= 0.6 is 0 Å². The highest BCUT2D eigenvalue weighted by molar-refractivity contribution is 5.41. The molecule has 1 atom stereocenters. The summed E-state index contributed by atoms with van der Waals surface area (Å²) in [6.45, 7) is 5.23. The first-order valence-corrected chi connectivity index (χ1v) is 5.31. The first kappa shape index (κ1) is 10.4. The van der Waals surface area contributed by atoms with Crippen LogP contribution in [-0.4, -0.2) is 30.8 Å². The van der Waals surface area contributed by atoms with Crippen LogP contribution in [0.1, 0.15) is 12.5 Å². The lowest BCUT2D eigenvalue weighted by Crippen LogP contribution is -2.41. The van der Waals surface area contributed by atoms with Crippen molar-refractivity contribution in [3.8, 4) is 0 Å². The number of nitrogens with two attached hydrogens (primary N) is 1. The summed E-state index contributed by atoms with van der Waals surface area (Å²) >= 11 is 0. The second-order valence-corrected chi connectivity index (χ2v) is 3.85. The van der Waals surface area contributed by atoms with E-state index in [1.165, 1.54) is 0 Å². The van der Waals surface area contributed by atoms with Crippen molar-refractivity contribution in [2.45, 2.75) is 19.6 Å². The van der Waals surface area contributed by atoms with Gasteiger partial charge in [0.2, 0.25) is 0 Å². The molecule has 1 aromatic heterocycles. The molecule has 1 fully saturated rings. The molecule has 4 heteroatoms. The SMILES string of the molecule is C[C@@H]1CN(c2cc(CN)ccn2)CCO1. The molecule has 0 saturated carbocycles. The Balaban J connectivity index is 2.13. The quantitative estimate of drug-likeness (QED) is 0.778. The summed E-state index contributed by atoms with van der Waals surface area (Å²) in [6.07, 6.45) is 2.10. The van der Waals surface area contributed by atoms with E-state index in [1.54, 1.807) is 0 Å².